The number of rotatable bonds is 9. The number of amides is 1. The van der Waals surface area contributed by atoms with Crippen LogP contribution in [0.2, 0.25) is 0 Å². The zero-order chi connectivity index (χ0) is 23.5. The number of phenols is 1. The third-order valence-electron chi connectivity index (χ3n) is 6.38. The molecule has 174 valence electrons. The number of carbonyl (C=O) groups excluding carboxylic acids is 1. The highest BCUT2D eigenvalue weighted by Crippen LogP contribution is 2.66. The zero-order valence-electron chi connectivity index (χ0n) is 18.6. The lowest BCUT2D eigenvalue weighted by molar-refractivity contribution is -0.194. The molecule has 5 nitrogen and oxygen atoms in total. The van der Waals surface area contributed by atoms with Crippen LogP contribution in [0.25, 0.3) is 0 Å². The normalized spacial score (nSPS) is 17.1. The highest BCUT2D eigenvalue weighted by atomic mass is 19.4. The topological polar surface area (TPSA) is 65.5 Å². The molecule has 1 fully saturated rings. The van der Waals surface area contributed by atoms with E-state index in [0.29, 0.717) is 18.5 Å². The molecule has 2 aromatic rings. The maximum Gasteiger partial charge on any atom is 0.395 e. The summed E-state index contributed by atoms with van der Waals surface area (Å²) in [6.07, 6.45) is -0.863. The number of nitrogens with one attached hydrogen (secondary N) is 1. The number of pyridine rings is 1. The van der Waals surface area contributed by atoms with Crippen LogP contribution < -0.4 is 5.32 Å². The number of phenolic OH excluding ortho intramolecular Hbond substituents is 1. The second kappa shape index (κ2) is 9.48. The van der Waals surface area contributed by atoms with Crippen molar-refractivity contribution < 1.29 is 23.1 Å². The summed E-state index contributed by atoms with van der Waals surface area (Å²) in [7, 11) is 3.78. The molecule has 1 aliphatic carbocycles. The van der Waals surface area contributed by atoms with Crippen molar-refractivity contribution in [1.82, 2.24) is 15.2 Å². The first-order valence-corrected chi connectivity index (χ1v) is 10.7. The van der Waals surface area contributed by atoms with E-state index in [-0.39, 0.29) is 31.1 Å². The molecule has 0 radical (unpaired) electrons. The van der Waals surface area contributed by atoms with Crippen molar-refractivity contribution in [3.63, 3.8) is 0 Å². The number of benzene rings is 1. The monoisotopic (exact) mass is 449 g/mol. The van der Waals surface area contributed by atoms with Crippen molar-refractivity contribution in [2.75, 3.05) is 20.6 Å². The van der Waals surface area contributed by atoms with E-state index in [2.05, 4.69) is 10.3 Å². The molecule has 1 heterocycles. The summed E-state index contributed by atoms with van der Waals surface area (Å²) < 4.78 is 41.7. The van der Waals surface area contributed by atoms with Gasteiger partial charge >= 0.3 is 6.18 Å². The van der Waals surface area contributed by atoms with Crippen LogP contribution in [0, 0.1) is 12.3 Å². The first-order chi connectivity index (χ1) is 15.0. The van der Waals surface area contributed by atoms with E-state index in [0.717, 1.165) is 11.1 Å². The molecule has 2 N–H and O–H groups in total. The number of alkyl halides is 3. The number of aryl methyl sites for hydroxylation is 1. The molecule has 1 saturated carbocycles. The quantitative estimate of drug-likeness (QED) is 0.602. The molecule has 1 aliphatic rings. The fourth-order valence-corrected chi connectivity index (χ4v) is 4.20. The summed E-state index contributed by atoms with van der Waals surface area (Å²) >= 11 is 0. The van der Waals surface area contributed by atoms with Gasteiger partial charge in [0.25, 0.3) is 0 Å². The molecule has 32 heavy (non-hydrogen) atoms. The molecule has 8 heteroatoms. The number of carbonyl (C=O) groups is 1. The van der Waals surface area contributed by atoms with E-state index in [1.165, 1.54) is 6.20 Å². The number of halogens is 3. The molecule has 2 atom stereocenters. The Balaban J connectivity index is 1.70. The summed E-state index contributed by atoms with van der Waals surface area (Å²) in [5.41, 5.74) is 0.372. The lowest BCUT2D eigenvalue weighted by Gasteiger charge is -2.30. The van der Waals surface area contributed by atoms with Gasteiger partial charge in [0, 0.05) is 37.3 Å². The standard InChI is InChI=1S/C24H30F3N3O2/c1-16-10-18(14-28-13-16)21(23(8-9-23)24(25,26)27)12-22(32)29-15-19(30(2)3)11-17-4-6-20(31)7-5-17/h4-7,10,13-14,19,21,31H,8-9,11-12,15H2,1-3H3,(H,29,32). The summed E-state index contributed by atoms with van der Waals surface area (Å²) in [5.74, 6) is -1.17. The SMILES string of the molecule is Cc1cncc(C(CC(=O)NCC(Cc2ccc(O)cc2)N(C)C)C2(C(F)(F)F)CC2)c1. The number of aromatic hydroxyl groups is 1. The van der Waals surface area contributed by atoms with Crippen LogP contribution in [0.15, 0.2) is 42.7 Å². The third-order valence-corrected chi connectivity index (χ3v) is 6.38. The summed E-state index contributed by atoms with van der Waals surface area (Å²) in [6.45, 7) is 2.09. The average Bonchev–Trinajstić information content (AvgIpc) is 3.52. The van der Waals surface area contributed by atoms with Crippen LogP contribution >= 0.6 is 0 Å². The van der Waals surface area contributed by atoms with Crippen LogP contribution in [0.4, 0.5) is 13.2 Å². The van der Waals surface area contributed by atoms with Gasteiger partial charge in [-0.15, -0.1) is 0 Å². The van der Waals surface area contributed by atoms with E-state index < -0.39 is 23.4 Å². The number of likely N-dealkylation sites (N-methyl/N-ethyl adjacent to an activating group) is 1. The maximum absolute atomic E-state index is 13.9. The Morgan fingerprint density at radius 2 is 1.88 bits per heavy atom. The van der Waals surface area contributed by atoms with Crippen molar-refractivity contribution in [1.29, 1.82) is 0 Å². The Morgan fingerprint density at radius 3 is 2.41 bits per heavy atom. The van der Waals surface area contributed by atoms with Gasteiger partial charge in [-0.1, -0.05) is 18.2 Å². The van der Waals surface area contributed by atoms with Gasteiger partial charge in [0.15, 0.2) is 0 Å². The number of nitrogens with zero attached hydrogens (tertiary/aromatic N) is 2. The molecule has 0 saturated heterocycles. The van der Waals surface area contributed by atoms with Gasteiger partial charge < -0.3 is 15.3 Å². The molecule has 1 amide bonds. The molecule has 0 spiro atoms. The lowest BCUT2D eigenvalue weighted by Crippen LogP contribution is -2.42. The molecule has 3 rings (SSSR count). The third kappa shape index (κ3) is 5.59. The first kappa shape index (κ1) is 24.0. The van der Waals surface area contributed by atoms with Crippen molar-refractivity contribution in [2.45, 2.75) is 50.7 Å². The van der Waals surface area contributed by atoms with Gasteiger partial charge in [0.2, 0.25) is 5.91 Å². The van der Waals surface area contributed by atoms with Gasteiger partial charge in [-0.05, 0) is 69.1 Å². The molecule has 1 aromatic carbocycles. The fourth-order valence-electron chi connectivity index (χ4n) is 4.20. The van der Waals surface area contributed by atoms with Crippen LogP contribution in [0.1, 0.15) is 41.9 Å². The van der Waals surface area contributed by atoms with E-state index in [9.17, 15) is 23.1 Å². The average molecular weight is 450 g/mol. The van der Waals surface area contributed by atoms with Crippen LogP contribution in [0.3, 0.4) is 0 Å². The Kier molecular flexibility index (Phi) is 7.12. The lowest BCUT2D eigenvalue weighted by atomic mass is 9.80. The summed E-state index contributed by atoms with van der Waals surface area (Å²) in [6, 6.07) is 8.49. The van der Waals surface area contributed by atoms with E-state index in [1.54, 1.807) is 31.3 Å². The highest BCUT2D eigenvalue weighted by molar-refractivity contribution is 5.77. The molecule has 2 unspecified atom stereocenters. The van der Waals surface area contributed by atoms with Crippen molar-refractivity contribution in [3.8, 4) is 5.75 Å². The van der Waals surface area contributed by atoms with Crippen LogP contribution in [-0.2, 0) is 11.2 Å². The molecule has 0 aliphatic heterocycles. The van der Waals surface area contributed by atoms with E-state index >= 15 is 0 Å². The zero-order valence-corrected chi connectivity index (χ0v) is 18.6. The minimum absolute atomic E-state index is 0.0313. The number of hydrogen-bond donors (Lipinski definition) is 2. The largest absolute Gasteiger partial charge is 0.508 e. The minimum atomic E-state index is -4.37. The second-order valence-electron chi connectivity index (χ2n) is 9.00. The van der Waals surface area contributed by atoms with Gasteiger partial charge in [-0.25, -0.2) is 0 Å². The van der Waals surface area contributed by atoms with Crippen LogP contribution in [0.5, 0.6) is 5.75 Å². The smallest absolute Gasteiger partial charge is 0.395 e. The Morgan fingerprint density at radius 1 is 1.22 bits per heavy atom. The minimum Gasteiger partial charge on any atom is -0.508 e. The molecule has 0 bridgehead atoms. The number of aromatic nitrogens is 1. The molecular formula is C24H30F3N3O2. The fraction of sp³-hybridized carbons (Fsp3) is 0.500. The van der Waals surface area contributed by atoms with Gasteiger partial charge in [0.1, 0.15) is 5.75 Å². The van der Waals surface area contributed by atoms with Gasteiger partial charge in [-0.2, -0.15) is 13.2 Å². The molecule has 1 aromatic heterocycles. The highest BCUT2D eigenvalue weighted by Gasteiger charge is 2.67. The number of hydrogen-bond acceptors (Lipinski definition) is 4. The van der Waals surface area contributed by atoms with E-state index in [4.69, 9.17) is 0 Å². The Labute approximate surface area is 186 Å². The Bertz CT molecular complexity index is 925. The molecular weight excluding hydrogens is 419 g/mol. The van der Waals surface area contributed by atoms with E-state index in [1.807, 2.05) is 31.1 Å². The van der Waals surface area contributed by atoms with Crippen molar-refractivity contribution in [2.24, 2.45) is 5.41 Å². The van der Waals surface area contributed by atoms with Gasteiger partial charge in [-0.3, -0.25) is 9.78 Å². The predicted molar refractivity (Wildman–Crippen MR) is 116 cm³/mol. The Hall–Kier alpha value is -2.61. The van der Waals surface area contributed by atoms with Crippen LogP contribution in [-0.4, -0.2) is 53.8 Å². The second-order valence-corrected chi connectivity index (χ2v) is 9.00. The van der Waals surface area contributed by atoms with Gasteiger partial charge in [0.05, 0.1) is 5.41 Å². The maximum atomic E-state index is 13.9. The van der Waals surface area contributed by atoms with Crippen molar-refractivity contribution in [3.05, 3.63) is 59.4 Å². The van der Waals surface area contributed by atoms with Crippen molar-refractivity contribution >= 4 is 5.91 Å². The first-order valence-electron chi connectivity index (χ1n) is 10.7. The predicted octanol–water partition coefficient (Wildman–Crippen LogP) is 4.20. The summed E-state index contributed by atoms with van der Waals surface area (Å²) in [5, 5.41) is 12.3. The summed E-state index contributed by atoms with van der Waals surface area (Å²) in [4.78, 5) is 18.8.